The van der Waals surface area contributed by atoms with Crippen molar-refractivity contribution in [2.45, 2.75) is 6.54 Å². The van der Waals surface area contributed by atoms with Crippen molar-refractivity contribution in [3.05, 3.63) is 57.2 Å². The van der Waals surface area contributed by atoms with Gasteiger partial charge in [-0.25, -0.2) is 0 Å². The molecule has 0 saturated heterocycles. The van der Waals surface area contributed by atoms with E-state index in [0.717, 1.165) is 11.3 Å². The maximum atomic E-state index is 8.75. The molecule has 21 heavy (non-hydrogen) atoms. The zero-order valence-corrected chi connectivity index (χ0v) is 13.7. The molecule has 4 N–H and O–H groups in total. The molecule has 2 aromatic rings. The Labute approximate surface area is 136 Å². The first-order chi connectivity index (χ1) is 10.1. The fourth-order valence-corrected chi connectivity index (χ4v) is 2.46. The van der Waals surface area contributed by atoms with Gasteiger partial charge in [0.1, 0.15) is 5.75 Å². The van der Waals surface area contributed by atoms with E-state index in [-0.39, 0.29) is 5.84 Å². The maximum absolute atomic E-state index is 8.75. The molecule has 110 valence electrons. The number of methoxy groups -OCH3 is 1. The molecule has 0 atom stereocenters. The second kappa shape index (κ2) is 7.16. The molecule has 0 spiro atoms. The molecule has 0 heterocycles. The lowest BCUT2D eigenvalue weighted by Gasteiger charge is -2.11. The van der Waals surface area contributed by atoms with Gasteiger partial charge in [-0.15, -0.1) is 0 Å². The van der Waals surface area contributed by atoms with Gasteiger partial charge >= 0.3 is 0 Å². The molecule has 2 rings (SSSR count). The summed E-state index contributed by atoms with van der Waals surface area (Å²) in [6.45, 7) is 0.660. The number of benzene rings is 2. The minimum atomic E-state index is 0.0315. The number of rotatable bonds is 5. The van der Waals surface area contributed by atoms with Crippen LogP contribution in [0.3, 0.4) is 0 Å². The van der Waals surface area contributed by atoms with Crippen molar-refractivity contribution in [3.63, 3.8) is 0 Å². The molecule has 0 radical (unpaired) electrons. The van der Waals surface area contributed by atoms with Crippen LogP contribution in [0.25, 0.3) is 0 Å². The van der Waals surface area contributed by atoms with Crippen LogP contribution in [0, 0.1) is 3.57 Å². The van der Waals surface area contributed by atoms with Gasteiger partial charge in [0.05, 0.1) is 12.7 Å². The standard InChI is InChI=1S/C15H16IN3O2/c1-21-14-7-10(5-6-13(14)15(17)19-20)9-18-12-4-2-3-11(16)8-12/h2-8,18,20H,9H2,1H3,(H2,17,19). The van der Waals surface area contributed by atoms with E-state index < -0.39 is 0 Å². The molecule has 5 nitrogen and oxygen atoms in total. The first kappa shape index (κ1) is 15.4. The van der Waals surface area contributed by atoms with Crippen LogP contribution in [0.15, 0.2) is 47.6 Å². The topological polar surface area (TPSA) is 79.9 Å². The predicted octanol–water partition coefficient (Wildman–Crippen LogP) is 3.01. The summed E-state index contributed by atoms with van der Waals surface area (Å²) in [4.78, 5) is 0. The number of amidine groups is 1. The highest BCUT2D eigenvalue weighted by molar-refractivity contribution is 14.1. The van der Waals surface area contributed by atoms with Gasteiger partial charge in [0.25, 0.3) is 0 Å². The number of ether oxygens (including phenoxy) is 1. The molecule has 0 aliphatic carbocycles. The van der Waals surface area contributed by atoms with Crippen LogP contribution in [-0.4, -0.2) is 18.2 Å². The molecule has 2 aromatic carbocycles. The van der Waals surface area contributed by atoms with E-state index in [4.69, 9.17) is 15.7 Å². The van der Waals surface area contributed by atoms with Crippen molar-refractivity contribution in [2.24, 2.45) is 10.9 Å². The Balaban J connectivity index is 2.14. The van der Waals surface area contributed by atoms with Crippen molar-refractivity contribution in [1.82, 2.24) is 0 Å². The van der Waals surface area contributed by atoms with Crippen molar-refractivity contribution in [3.8, 4) is 5.75 Å². The van der Waals surface area contributed by atoms with Crippen LogP contribution in [0.4, 0.5) is 5.69 Å². The summed E-state index contributed by atoms with van der Waals surface area (Å²) in [5.41, 5.74) is 8.27. The number of hydrogen-bond donors (Lipinski definition) is 3. The van der Waals surface area contributed by atoms with Crippen LogP contribution in [0.1, 0.15) is 11.1 Å². The van der Waals surface area contributed by atoms with Crippen molar-refractivity contribution < 1.29 is 9.94 Å². The summed E-state index contributed by atoms with van der Waals surface area (Å²) < 4.78 is 6.46. The van der Waals surface area contributed by atoms with Crippen molar-refractivity contribution >= 4 is 34.1 Å². The van der Waals surface area contributed by atoms with Crippen LogP contribution in [0.2, 0.25) is 0 Å². The van der Waals surface area contributed by atoms with Gasteiger partial charge in [0.2, 0.25) is 0 Å². The highest BCUT2D eigenvalue weighted by Crippen LogP contribution is 2.21. The van der Waals surface area contributed by atoms with Crippen molar-refractivity contribution in [2.75, 3.05) is 12.4 Å². The first-order valence-corrected chi connectivity index (χ1v) is 7.36. The van der Waals surface area contributed by atoms with E-state index >= 15 is 0 Å². The lowest BCUT2D eigenvalue weighted by atomic mass is 10.1. The molecule has 6 heteroatoms. The van der Waals surface area contributed by atoms with Gasteiger partial charge < -0.3 is 21.0 Å². The van der Waals surface area contributed by atoms with Gasteiger partial charge in [-0.1, -0.05) is 17.3 Å². The Morgan fingerprint density at radius 1 is 1.33 bits per heavy atom. The maximum Gasteiger partial charge on any atom is 0.173 e. The average Bonchev–Trinajstić information content (AvgIpc) is 2.52. The number of halogens is 1. The molecular formula is C15H16IN3O2. The second-order valence-corrected chi connectivity index (χ2v) is 5.63. The van der Waals surface area contributed by atoms with Crippen LogP contribution >= 0.6 is 22.6 Å². The van der Waals surface area contributed by atoms with Gasteiger partial charge in [0.15, 0.2) is 5.84 Å². The molecule has 0 aromatic heterocycles. The van der Waals surface area contributed by atoms with Crippen LogP contribution in [-0.2, 0) is 6.54 Å². The Kier molecular flexibility index (Phi) is 5.26. The second-order valence-electron chi connectivity index (χ2n) is 4.38. The van der Waals surface area contributed by atoms with Gasteiger partial charge in [-0.3, -0.25) is 0 Å². The lowest BCUT2D eigenvalue weighted by molar-refractivity contribution is 0.318. The number of hydrogen-bond acceptors (Lipinski definition) is 4. The van der Waals surface area contributed by atoms with E-state index in [2.05, 4.69) is 39.1 Å². The monoisotopic (exact) mass is 397 g/mol. The number of oxime groups is 1. The molecule has 0 bridgehead atoms. The third-order valence-corrected chi connectivity index (χ3v) is 3.64. The SMILES string of the molecule is COc1cc(CNc2cccc(I)c2)ccc1/C(N)=N/O. The van der Waals surface area contributed by atoms with E-state index in [0.29, 0.717) is 17.9 Å². The zero-order chi connectivity index (χ0) is 15.2. The normalized spacial score (nSPS) is 11.2. The molecular weight excluding hydrogens is 381 g/mol. The van der Waals surface area contributed by atoms with E-state index in [9.17, 15) is 0 Å². The average molecular weight is 397 g/mol. The largest absolute Gasteiger partial charge is 0.496 e. The molecule has 0 amide bonds. The van der Waals surface area contributed by atoms with Gasteiger partial charge in [0, 0.05) is 15.8 Å². The number of nitrogens with zero attached hydrogens (tertiary/aromatic N) is 1. The quantitative estimate of drug-likeness (QED) is 0.238. The van der Waals surface area contributed by atoms with Gasteiger partial charge in [-0.2, -0.15) is 0 Å². The minimum Gasteiger partial charge on any atom is -0.496 e. The molecule has 0 aliphatic rings. The van der Waals surface area contributed by atoms with E-state index in [1.165, 1.54) is 3.57 Å². The van der Waals surface area contributed by atoms with E-state index in [1.807, 2.05) is 30.3 Å². The summed E-state index contributed by atoms with van der Waals surface area (Å²) in [5, 5.41) is 15.1. The zero-order valence-electron chi connectivity index (χ0n) is 11.5. The fourth-order valence-electron chi connectivity index (χ4n) is 1.91. The van der Waals surface area contributed by atoms with Gasteiger partial charge in [-0.05, 0) is 58.5 Å². The number of nitrogens with two attached hydrogens (primary N) is 1. The predicted molar refractivity (Wildman–Crippen MR) is 92.0 cm³/mol. The highest BCUT2D eigenvalue weighted by atomic mass is 127. The minimum absolute atomic E-state index is 0.0315. The Morgan fingerprint density at radius 2 is 2.14 bits per heavy atom. The lowest BCUT2D eigenvalue weighted by Crippen LogP contribution is -2.14. The molecule has 0 unspecified atom stereocenters. The summed E-state index contributed by atoms with van der Waals surface area (Å²) >= 11 is 2.28. The summed E-state index contributed by atoms with van der Waals surface area (Å²) in [6.07, 6.45) is 0. The van der Waals surface area contributed by atoms with Crippen LogP contribution in [0.5, 0.6) is 5.75 Å². The number of anilines is 1. The highest BCUT2D eigenvalue weighted by Gasteiger charge is 2.08. The Hall–Kier alpha value is -1.96. The first-order valence-electron chi connectivity index (χ1n) is 6.28. The summed E-state index contributed by atoms with van der Waals surface area (Å²) in [7, 11) is 1.56. The Morgan fingerprint density at radius 3 is 2.81 bits per heavy atom. The van der Waals surface area contributed by atoms with Crippen LogP contribution < -0.4 is 15.8 Å². The molecule has 0 fully saturated rings. The third kappa shape index (κ3) is 4.01. The summed E-state index contributed by atoms with van der Waals surface area (Å²) in [5.74, 6) is 0.608. The molecule has 0 saturated carbocycles. The fraction of sp³-hybridized carbons (Fsp3) is 0.133. The molecule has 0 aliphatic heterocycles. The third-order valence-electron chi connectivity index (χ3n) is 2.97. The smallest absolute Gasteiger partial charge is 0.173 e. The van der Waals surface area contributed by atoms with E-state index in [1.54, 1.807) is 13.2 Å². The van der Waals surface area contributed by atoms with Crippen molar-refractivity contribution in [1.29, 1.82) is 0 Å². The summed E-state index contributed by atoms with van der Waals surface area (Å²) in [6, 6.07) is 13.7. The Bertz CT molecular complexity index is 659. The number of nitrogens with one attached hydrogen (secondary N) is 1.